The number of benzene rings is 1. The molecule has 0 radical (unpaired) electrons. The highest BCUT2D eigenvalue weighted by atomic mass is 16.5. The van der Waals surface area contributed by atoms with Crippen molar-refractivity contribution in [1.29, 1.82) is 0 Å². The van der Waals surface area contributed by atoms with Crippen molar-refractivity contribution in [2.24, 2.45) is 11.8 Å². The lowest BCUT2D eigenvalue weighted by Gasteiger charge is -2.45. The number of aromatic amines is 1. The van der Waals surface area contributed by atoms with Gasteiger partial charge in [0.2, 0.25) is 0 Å². The summed E-state index contributed by atoms with van der Waals surface area (Å²) in [6, 6.07) is 8.61. The number of nitrogens with zero attached hydrogens (tertiary/aromatic N) is 1. The van der Waals surface area contributed by atoms with E-state index in [9.17, 15) is 4.79 Å². The fourth-order valence-electron chi connectivity index (χ4n) is 4.55. The van der Waals surface area contributed by atoms with Gasteiger partial charge in [0, 0.05) is 29.7 Å². The largest absolute Gasteiger partial charge is 0.469 e. The first-order chi connectivity index (χ1) is 11.2. The summed E-state index contributed by atoms with van der Waals surface area (Å²) in [5, 5.41) is 1.31. The van der Waals surface area contributed by atoms with Crippen LogP contribution in [0.1, 0.15) is 37.1 Å². The molecule has 0 bridgehead atoms. The summed E-state index contributed by atoms with van der Waals surface area (Å²) in [6.07, 6.45) is 3.11. The molecule has 1 aromatic carbocycles. The molecule has 1 fully saturated rings. The van der Waals surface area contributed by atoms with Gasteiger partial charge in [-0.3, -0.25) is 9.69 Å². The van der Waals surface area contributed by atoms with Crippen LogP contribution in [0.3, 0.4) is 0 Å². The summed E-state index contributed by atoms with van der Waals surface area (Å²) in [4.78, 5) is 18.6. The van der Waals surface area contributed by atoms with Crippen LogP contribution in [0.5, 0.6) is 0 Å². The molecule has 0 saturated carbocycles. The fourth-order valence-corrected chi connectivity index (χ4v) is 4.55. The topological polar surface area (TPSA) is 45.3 Å². The maximum Gasteiger partial charge on any atom is 0.310 e. The number of fused-ring (bicyclic) bond motifs is 5. The molecule has 3 atom stereocenters. The summed E-state index contributed by atoms with van der Waals surface area (Å²) < 4.78 is 5.14. The van der Waals surface area contributed by atoms with Crippen molar-refractivity contribution in [2.45, 2.75) is 32.2 Å². The normalized spacial score (nSPS) is 27.5. The van der Waals surface area contributed by atoms with E-state index in [-0.39, 0.29) is 17.9 Å². The Hall–Kier alpha value is -1.81. The molecule has 2 aliphatic rings. The molecule has 1 N–H and O–H groups in total. The molecule has 23 heavy (non-hydrogen) atoms. The first-order valence-corrected chi connectivity index (χ1v) is 8.64. The molecular weight excluding hydrogens is 288 g/mol. The second kappa shape index (κ2) is 5.68. The van der Waals surface area contributed by atoms with Gasteiger partial charge in [0.15, 0.2) is 0 Å². The number of piperidine rings is 1. The lowest BCUT2D eigenvalue weighted by atomic mass is 9.77. The Morgan fingerprint density at radius 2 is 2.22 bits per heavy atom. The molecule has 1 saturated heterocycles. The van der Waals surface area contributed by atoms with E-state index < -0.39 is 0 Å². The van der Waals surface area contributed by atoms with Gasteiger partial charge in [0.1, 0.15) is 0 Å². The molecule has 0 spiro atoms. The Kier molecular flexibility index (Phi) is 3.64. The summed E-state index contributed by atoms with van der Waals surface area (Å²) in [5.74, 6) is 0.455. The zero-order valence-corrected chi connectivity index (χ0v) is 13.8. The van der Waals surface area contributed by atoms with Crippen molar-refractivity contribution in [1.82, 2.24) is 9.88 Å². The summed E-state index contributed by atoms with van der Waals surface area (Å²) in [6.45, 7) is 4.34. The number of H-pyrrole nitrogens is 1. The van der Waals surface area contributed by atoms with E-state index in [1.54, 1.807) is 0 Å². The van der Waals surface area contributed by atoms with Gasteiger partial charge in [-0.05, 0) is 30.4 Å². The van der Waals surface area contributed by atoms with Gasteiger partial charge in [0.25, 0.3) is 0 Å². The SMILES string of the molecule is CC[C@@H]1C[C@H](C(=O)OC)[C@H]2c3[nH]c4ccccc4c3CCN2C1. The summed E-state index contributed by atoms with van der Waals surface area (Å²) in [5.41, 5.74) is 3.81. The van der Waals surface area contributed by atoms with Gasteiger partial charge in [-0.15, -0.1) is 0 Å². The Morgan fingerprint density at radius 1 is 1.39 bits per heavy atom. The molecule has 2 aromatic rings. The van der Waals surface area contributed by atoms with Crippen LogP contribution in [-0.4, -0.2) is 36.1 Å². The average Bonchev–Trinajstić information content (AvgIpc) is 2.98. The molecule has 0 aliphatic carbocycles. The minimum atomic E-state index is -0.0651. The Balaban J connectivity index is 1.81. The minimum Gasteiger partial charge on any atom is -0.469 e. The number of carbonyl (C=O) groups is 1. The van der Waals surface area contributed by atoms with Crippen LogP contribution in [0.2, 0.25) is 0 Å². The van der Waals surface area contributed by atoms with E-state index in [0.29, 0.717) is 5.92 Å². The van der Waals surface area contributed by atoms with E-state index in [0.717, 1.165) is 32.4 Å². The smallest absolute Gasteiger partial charge is 0.310 e. The van der Waals surface area contributed by atoms with Crippen LogP contribution in [0.25, 0.3) is 10.9 Å². The van der Waals surface area contributed by atoms with Crippen molar-refractivity contribution in [2.75, 3.05) is 20.2 Å². The first-order valence-electron chi connectivity index (χ1n) is 8.64. The molecule has 3 heterocycles. The average molecular weight is 312 g/mol. The number of aromatic nitrogens is 1. The van der Waals surface area contributed by atoms with E-state index in [1.807, 2.05) is 0 Å². The van der Waals surface area contributed by atoms with Gasteiger partial charge in [0.05, 0.1) is 19.1 Å². The highest BCUT2D eigenvalue weighted by Crippen LogP contribution is 2.44. The van der Waals surface area contributed by atoms with Crippen LogP contribution in [0, 0.1) is 11.8 Å². The molecule has 2 aliphatic heterocycles. The number of hydrogen-bond donors (Lipinski definition) is 1. The van der Waals surface area contributed by atoms with Gasteiger partial charge in [-0.2, -0.15) is 0 Å². The third-order valence-corrected chi connectivity index (χ3v) is 5.73. The van der Waals surface area contributed by atoms with Crippen molar-refractivity contribution in [3.8, 4) is 0 Å². The molecule has 4 nitrogen and oxygen atoms in total. The van der Waals surface area contributed by atoms with Gasteiger partial charge >= 0.3 is 5.97 Å². The van der Waals surface area contributed by atoms with Crippen LogP contribution in [0.4, 0.5) is 0 Å². The summed E-state index contributed by atoms with van der Waals surface area (Å²) in [7, 11) is 1.51. The Morgan fingerprint density at radius 3 is 3.00 bits per heavy atom. The zero-order chi connectivity index (χ0) is 16.0. The number of hydrogen-bond acceptors (Lipinski definition) is 3. The van der Waals surface area contributed by atoms with E-state index >= 15 is 0 Å². The number of ether oxygens (including phenoxy) is 1. The third kappa shape index (κ3) is 2.27. The van der Waals surface area contributed by atoms with Crippen LogP contribution in [-0.2, 0) is 16.0 Å². The number of esters is 1. The molecule has 4 rings (SSSR count). The first kappa shape index (κ1) is 14.8. The van der Waals surface area contributed by atoms with Gasteiger partial charge in [-0.25, -0.2) is 0 Å². The second-order valence-corrected chi connectivity index (χ2v) is 6.89. The fraction of sp³-hybridized carbons (Fsp3) is 0.526. The second-order valence-electron chi connectivity index (χ2n) is 6.89. The van der Waals surface area contributed by atoms with Crippen molar-refractivity contribution >= 4 is 16.9 Å². The predicted molar refractivity (Wildman–Crippen MR) is 90.2 cm³/mol. The standard InChI is InChI=1S/C19H24N2O2/c1-3-12-10-15(19(22)23-2)18-17-14(8-9-21(18)11-12)13-6-4-5-7-16(13)20-17/h4-7,12,15,18,20H,3,8-11H2,1-2H3/t12-,15+,18+/m1/s1. The van der Waals surface area contributed by atoms with E-state index in [2.05, 4.69) is 41.1 Å². The van der Waals surface area contributed by atoms with Gasteiger partial charge in [-0.1, -0.05) is 31.5 Å². The molecule has 0 unspecified atom stereocenters. The minimum absolute atomic E-state index is 0.0641. The van der Waals surface area contributed by atoms with E-state index in [1.165, 1.54) is 29.3 Å². The van der Waals surface area contributed by atoms with E-state index in [4.69, 9.17) is 4.74 Å². The maximum atomic E-state index is 12.4. The highest BCUT2D eigenvalue weighted by Gasteiger charge is 2.44. The highest BCUT2D eigenvalue weighted by molar-refractivity contribution is 5.85. The molecule has 122 valence electrons. The van der Waals surface area contributed by atoms with Crippen molar-refractivity contribution < 1.29 is 9.53 Å². The Bertz CT molecular complexity index is 736. The lowest BCUT2D eigenvalue weighted by Crippen LogP contribution is -2.49. The molecule has 1 aromatic heterocycles. The number of methoxy groups -OCH3 is 1. The molecule has 4 heteroatoms. The third-order valence-electron chi connectivity index (χ3n) is 5.73. The van der Waals surface area contributed by atoms with Crippen LogP contribution >= 0.6 is 0 Å². The lowest BCUT2D eigenvalue weighted by molar-refractivity contribution is -0.151. The monoisotopic (exact) mass is 312 g/mol. The quantitative estimate of drug-likeness (QED) is 0.866. The maximum absolute atomic E-state index is 12.4. The number of para-hydroxylation sites is 1. The van der Waals surface area contributed by atoms with Crippen molar-refractivity contribution in [3.05, 3.63) is 35.5 Å². The van der Waals surface area contributed by atoms with Gasteiger partial charge < -0.3 is 9.72 Å². The molecule has 0 amide bonds. The van der Waals surface area contributed by atoms with Crippen LogP contribution < -0.4 is 0 Å². The predicted octanol–water partition coefficient (Wildman–Crippen LogP) is 3.29. The van der Waals surface area contributed by atoms with Crippen LogP contribution in [0.15, 0.2) is 24.3 Å². The summed E-state index contributed by atoms with van der Waals surface area (Å²) >= 11 is 0. The number of rotatable bonds is 2. The van der Waals surface area contributed by atoms with Crippen molar-refractivity contribution in [3.63, 3.8) is 0 Å². The Labute approximate surface area is 136 Å². The molecular formula is C19H24N2O2. The number of carbonyl (C=O) groups excluding carboxylic acids is 1. The number of nitrogens with one attached hydrogen (secondary N) is 1. The zero-order valence-electron chi connectivity index (χ0n) is 13.8.